The molecule has 0 aromatic heterocycles. The van der Waals surface area contributed by atoms with Crippen molar-refractivity contribution in [3.8, 4) is 11.5 Å². The van der Waals surface area contributed by atoms with Crippen molar-refractivity contribution >= 4 is 11.8 Å². The maximum absolute atomic E-state index is 11.9. The first kappa shape index (κ1) is 16.9. The Kier molecular flexibility index (Phi) is 6.02. The van der Waals surface area contributed by atoms with Crippen LogP contribution in [-0.2, 0) is 16.1 Å². The van der Waals surface area contributed by atoms with Crippen LogP contribution in [-0.4, -0.2) is 25.5 Å². The van der Waals surface area contributed by atoms with Crippen molar-refractivity contribution in [1.82, 2.24) is 5.32 Å². The Morgan fingerprint density at radius 2 is 2.17 bits per heavy atom. The minimum absolute atomic E-state index is 0.0366. The van der Waals surface area contributed by atoms with Crippen LogP contribution in [0.1, 0.15) is 24.8 Å². The molecule has 2 amide bonds. The fourth-order valence-electron chi connectivity index (χ4n) is 2.47. The normalized spacial score (nSPS) is 16.1. The first-order valence-corrected chi connectivity index (χ1v) is 7.60. The molecule has 0 heterocycles. The van der Waals surface area contributed by atoms with Gasteiger partial charge in [0, 0.05) is 13.0 Å². The van der Waals surface area contributed by atoms with E-state index >= 15 is 0 Å². The predicted molar refractivity (Wildman–Crippen MR) is 86.0 cm³/mol. The molecule has 3 N–H and O–H groups in total. The number of carbonyl (C=O) groups is 2. The Bertz CT molecular complexity index is 598. The van der Waals surface area contributed by atoms with Gasteiger partial charge in [0.15, 0.2) is 18.1 Å². The number of allylic oxidation sites excluding steroid dienone is 2. The van der Waals surface area contributed by atoms with Crippen molar-refractivity contribution in [2.45, 2.75) is 25.8 Å². The number of amides is 2. The van der Waals surface area contributed by atoms with Crippen LogP contribution in [0.15, 0.2) is 30.4 Å². The molecule has 1 aliphatic carbocycles. The van der Waals surface area contributed by atoms with Crippen molar-refractivity contribution in [1.29, 1.82) is 0 Å². The van der Waals surface area contributed by atoms with E-state index in [4.69, 9.17) is 15.2 Å². The zero-order chi connectivity index (χ0) is 16.7. The summed E-state index contributed by atoms with van der Waals surface area (Å²) in [5.41, 5.74) is 5.94. The number of nitrogens with two attached hydrogens (primary N) is 1. The molecule has 0 unspecified atom stereocenters. The maximum atomic E-state index is 11.9. The third-order valence-electron chi connectivity index (χ3n) is 3.65. The van der Waals surface area contributed by atoms with E-state index in [-0.39, 0.29) is 12.5 Å². The minimum Gasteiger partial charge on any atom is -0.493 e. The number of rotatable bonds is 8. The SMILES string of the molecule is COc1cc(CNC(=O)C[C@@H]2C=CCC2)ccc1OCC(N)=O. The van der Waals surface area contributed by atoms with E-state index in [2.05, 4.69) is 17.5 Å². The third-order valence-corrected chi connectivity index (χ3v) is 3.65. The molecule has 0 saturated carbocycles. The highest BCUT2D eigenvalue weighted by molar-refractivity contribution is 5.76. The molecule has 0 fully saturated rings. The lowest BCUT2D eigenvalue weighted by Crippen LogP contribution is -2.24. The van der Waals surface area contributed by atoms with E-state index in [1.807, 2.05) is 6.07 Å². The summed E-state index contributed by atoms with van der Waals surface area (Å²) in [5.74, 6) is 0.780. The van der Waals surface area contributed by atoms with E-state index < -0.39 is 5.91 Å². The van der Waals surface area contributed by atoms with Crippen LogP contribution < -0.4 is 20.5 Å². The number of ether oxygens (including phenoxy) is 2. The van der Waals surface area contributed by atoms with Crippen LogP contribution in [0.3, 0.4) is 0 Å². The molecular weight excluding hydrogens is 296 g/mol. The summed E-state index contributed by atoms with van der Waals surface area (Å²) in [5, 5.41) is 2.90. The first-order valence-electron chi connectivity index (χ1n) is 7.60. The van der Waals surface area contributed by atoms with Crippen LogP contribution in [0.2, 0.25) is 0 Å². The molecule has 0 radical (unpaired) electrons. The summed E-state index contributed by atoms with van der Waals surface area (Å²) in [7, 11) is 1.52. The number of nitrogens with one attached hydrogen (secondary N) is 1. The lowest BCUT2D eigenvalue weighted by molar-refractivity contribution is -0.122. The van der Waals surface area contributed by atoms with Gasteiger partial charge in [-0.2, -0.15) is 0 Å². The summed E-state index contributed by atoms with van der Waals surface area (Å²) in [6.07, 6.45) is 6.85. The van der Waals surface area contributed by atoms with Gasteiger partial charge < -0.3 is 20.5 Å². The van der Waals surface area contributed by atoms with Crippen LogP contribution in [0.25, 0.3) is 0 Å². The molecule has 0 spiro atoms. The summed E-state index contributed by atoms with van der Waals surface area (Å²) in [6, 6.07) is 5.28. The van der Waals surface area contributed by atoms with Crippen LogP contribution >= 0.6 is 0 Å². The van der Waals surface area contributed by atoms with Gasteiger partial charge in [0.05, 0.1) is 7.11 Å². The Morgan fingerprint density at radius 3 is 2.83 bits per heavy atom. The van der Waals surface area contributed by atoms with Gasteiger partial charge in [0.25, 0.3) is 5.91 Å². The van der Waals surface area contributed by atoms with Gasteiger partial charge >= 0.3 is 0 Å². The van der Waals surface area contributed by atoms with Gasteiger partial charge in [-0.1, -0.05) is 18.2 Å². The van der Waals surface area contributed by atoms with Crippen molar-refractivity contribution in [2.24, 2.45) is 11.7 Å². The van der Waals surface area contributed by atoms with Gasteiger partial charge in [-0.25, -0.2) is 0 Å². The molecule has 6 heteroatoms. The lowest BCUT2D eigenvalue weighted by atomic mass is 10.1. The quantitative estimate of drug-likeness (QED) is 0.711. The number of methoxy groups -OCH3 is 1. The van der Waals surface area contributed by atoms with E-state index in [9.17, 15) is 9.59 Å². The Hall–Kier alpha value is -2.50. The van der Waals surface area contributed by atoms with Crippen LogP contribution in [0.4, 0.5) is 0 Å². The summed E-state index contributed by atoms with van der Waals surface area (Å²) < 4.78 is 10.5. The summed E-state index contributed by atoms with van der Waals surface area (Å²) in [4.78, 5) is 22.7. The average Bonchev–Trinajstić information content (AvgIpc) is 3.04. The molecule has 0 aliphatic heterocycles. The fraction of sp³-hybridized carbons (Fsp3) is 0.412. The molecule has 6 nitrogen and oxygen atoms in total. The minimum atomic E-state index is -0.552. The third kappa shape index (κ3) is 5.32. The van der Waals surface area contributed by atoms with Gasteiger partial charge in [0.1, 0.15) is 0 Å². The Labute approximate surface area is 135 Å². The topological polar surface area (TPSA) is 90.7 Å². The van der Waals surface area contributed by atoms with Crippen molar-refractivity contribution < 1.29 is 19.1 Å². The van der Waals surface area contributed by atoms with Crippen LogP contribution in [0.5, 0.6) is 11.5 Å². The summed E-state index contributed by atoms with van der Waals surface area (Å²) >= 11 is 0. The highest BCUT2D eigenvalue weighted by Gasteiger charge is 2.14. The molecule has 1 aliphatic rings. The highest BCUT2D eigenvalue weighted by Crippen LogP contribution is 2.28. The van der Waals surface area contributed by atoms with Crippen molar-refractivity contribution in [3.63, 3.8) is 0 Å². The van der Waals surface area contributed by atoms with E-state index in [1.165, 1.54) is 7.11 Å². The lowest BCUT2D eigenvalue weighted by Gasteiger charge is -2.12. The molecular formula is C17H22N2O4. The van der Waals surface area contributed by atoms with E-state index in [0.717, 1.165) is 18.4 Å². The zero-order valence-corrected chi connectivity index (χ0v) is 13.2. The predicted octanol–water partition coefficient (Wildman–Crippen LogP) is 1.53. The Balaban J connectivity index is 1.88. The second kappa shape index (κ2) is 8.22. The second-order valence-corrected chi connectivity index (χ2v) is 5.49. The number of primary amides is 1. The molecule has 1 aromatic rings. The maximum Gasteiger partial charge on any atom is 0.255 e. The molecule has 1 atom stereocenters. The highest BCUT2D eigenvalue weighted by atomic mass is 16.5. The van der Waals surface area contributed by atoms with Gasteiger partial charge in [-0.15, -0.1) is 0 Å². The number of benzene rings is 1. The molecule has 0 bridgehead atoms. The van der Waals surface area contributed by atoms with Gasteiger partial charge in [0.2, 0.25) is 5.91 Å². The molecule has 1 aromatic carbocycles. The fourth-order valence-corrected chi connectivity index (χ4v) is 2.47. The van der Waals surface area contributed by atoms with Crippen molar-refractivity contribution in [2.75, 3.05) is 13.7 Å². The van der Waals surface area contributed by atoms with Gasteiger partial charge in [-0.05, 0) is 36.5 Å². The van der Waals surface area contributed by atoms with E-state index in [0.29, 0.717) is 30.4 Å². The number of hydrogen-bond acceptors (Lipinski definition) is 4. The number of carbonyl (C=O) groups excluding carboxylic acids is 2. The first-order chi connectivity index (χ1) is 11.1. The number of hydrogen-bond donors (Lipinski definition) is 2. The standard InChI is InChI=1S/C17H22N2O4/c1-22-15-8-13(6-7-14(15)23-11-16(18)20)10-19-17(21)9-12-4-2-3-5-12/h2,4,6-8,12H,3,5,9-11H2,1H3,(H2,18,20)(H,19,21)/t12-/m1/s1. The smallest absolute Gasteiger partial charge is 0.255 e. The molecule has 2 rings (SSSR count). The van der Waals surface area contributed by atoms with Gasteiger partial charge in [-0.3, -0.25) is 9.59 Å². The zero-order valence-electron chi connectivity index (χ0n) is 13.2. The largest absolute Gasteiger partial charge is 0.493 e. The molecule has 0 saturated heterocycles. The molecule has 124 valence electrons. The summed E-state index contributed by atoms with van der Waals surface area (Å²) in [6.45, 7) is 0.211. The van der Waals surface area contributed by atoms with E-state index in [1.54, 1.807) is 12.1 Å². The monoisotopic (exact) mass is 318 g/mol. The Morgan fingerprint density at radius 1 is 1.35 bits per heavy atom. The van der Waals surface area contributed by atoms with Crippen molar-refractivity contribution in [3.05, 3.63) is 35.9 Å². The molecule has 23 heavy (non-hydrogen) atoms. The second-order valence-electron chi connectivity index (χ2n) is 5.49. The van der Waals surface area contributed by atoms with Crippen LogP contribution in [0, 0.1) is 5.92 Å². The average molecular weight is 318 g/mol.